The van der Waals surface area contributed by atoms with Gasteiger partial charge in [-0.2, -0.15) is 0 Å². The molecule has 0 N–H and O–H groups in total. The first-order valence-corrected chi connectivity index (χ1v) is 6.38. The van der Waals surface area contributed by atoms with E-state index in [9.17, 15) is 4.79 Å². The Bertz CT molecular complexity index is 473. The Hall–Kier alpha value is -1.91. The molecule has 2 rings (SSSR count). The second kappa shape index (κ2) is 5.82. The first-order chi connectivity index (χ1) is 9.11. The number of benzene rings is 1. The van der Waals surface area contributed by atoms with E-state index in [2.05, 4.69) is 0 Å². The number of carbonyl (C=O) groups excluding carboxylic acids is 1. The van der Waals surface area contributed by atoms with Crippen molar-refractivity contribution in [2.45, 2.75) is 20.3 Å². The van der Waals surface area contributed by atoms with Gasteiger partial charge in [0.1, 0.15) is 0 Å². The van der Waals surface area contributed by atoms with Crippen molar-refractivity contribution in [3.63, 3.8) is 0 Å². The van der Waals surface area contributed by atoms with Gasteiger partial charge in [0.05, 0.1) is 6.61 Å². The molecule has 1 amide bonds. The summed E-state index contributed by atoms with van der Waals surface area (Å²) in [5, 5.41) is 0. The van der Waals surface area contributed by atoms with Crippen molar-refractivity contribution in [3.8, 4) is 11.5 Å². The van der Waals surface area contributed by atoms with Crippen LogP contribution in [0.3, 0.4) is 0 Å². The van der Waals surface area contributed by atoms with Gasteiger partial charge in [0, 0.05) is 13.6 Å². The van der Waals surface area contributed by atoms with Crippen LogP contribution in [0, 0.1) is 6.92 Å². The third-order valence-corrected chi connectivity index (χ3v) is 3.13. The standard InChI is InChI=1S/C14H19NO4/c1-4-17-14(16)15(3)6-5-11-8-13-12(7-10(11)2)18-9-19-13/h7-8H,4-6,9H2,1-3H3. The summed E-state index contributed by atoms with van der Waals surface area (Å²) in [7, 11) is 1.74. The number of ether oxygens (including phenoxy) is 3. The molecule has 0 radical (unpaired) electrons. The number of carbonyl (C=O) groups is 1. The fourth-order valence-corrected chi connectivity index (χ4v) is 1.97. The minimum Gasteiger partial charge on any atom is -0.454 e. The maximum Gasteiger partial charge on any atom is 0.409 e. The molecule has 19 heavy (non-hydrogen) atoms. The largest absolute Gasteiger partial charge is 0.454 e. The highest BCUT2D eigenvalue weighted by molar-refractivity contribution is 5.67. The fraction of sp³-hybridized carbons (Fsp3) is 0.500. The molecule has 0 spiro atoms. The highest BCUT2D eigenvalue weighted by atomic mass is 16.7. The molecule has 0 aromatic heterocycles. The summed E-state index contributed by atoms with van der Waals surface area (Å²) >= 11 is 0. The van der Waals surface area contributed by atoms with Gasteiger partial charge in [-0.25, -0.2) is 4.79 Å². The van der Waals surface area contributed by atoms with E-state index >= 15 is 0 Å². The molecule has 1 heterocycles. The first kappa shape index (κ1) is 13.5. The molecule has 5 heteroatoms. The van der Waals surface area contributed by atoms with Crippen molar-refractivity contribution in [1.29, 1.82) is 0 Å². The van der Waals surface area contributed by atoms with Crippen molar-refractivity contribution in [3.05, 3.63) is 23.3 Å². The lowest BCUT2D eigenvalue weighted by Gasteiger charge is -2.17. The lowest BCUT2D eigenvalue weighted by Crippen LogP contribution is -2.29. The van der Waals surface area contributed by atoms with Crippen molar-refractivity contribution in [1.82, 2.24) is 4.90 Å². The molecular weight excluding hydrogens is 246 g/mol. The Morgan fingerprint density at radius 1 is 1.37 bits per heavy atom. The predicted molar refractivity (Wildman–Crippen MR) is 70.7 cm³/mol. The summed E-state index contributed by atoms with van der Waals surface area (Å²) in [6, 6.07) is 3.96. The molecule has 0 bridgehead atoms. The van der Waals surface area contributed by atoms with Crippen LogP contribution < -0.4 is 9.47 Å². The van der Waals surface area contributed by atoms with E-state index in [0.717, 1.165) is 29.0 Å². The Morgan fingerprint density at radius 3 is 2.74 bits per heavy atom. The smallest absolute Gasteiger partial charge is 0.409 e. The molecule has 0 saturated carbocycles. The average molecular weight is 265 g/mol. The number of hydrogen-bond donors (Lipinski definition) is 0. The van der Waals surface area contributed by atoms with Gasteiger partial charge in [0.2, 0.25) is 6.79 Å². The number of aryl methyl sites for hydroxylation is 1. The Morgan fingerprint density at radius 2 is 2.05 bits per heavy atom. The first-order valence-electron chi connectivity index (χ1n) is 6.38. The number of likely N-dealkylation sites (N-methyl/N-ethyl adjacent to an activating group) is 1. The number of hydrogen-bond acceptors (Lipinski definition) is 4. The Balaban J connectivity index is 1.98. The van der Waals surface area contributed by atoms with Gasteiger partial charge in [0.25, 0.3) is 0 Å². The maximum atomic E-state index is 11.5. The van der Waals surface area contributed by atoms with E-state index in [1.165, 1.54) is 0 Å². The maximum absolute atomic E-state index is 11.5. The number of nitrogens with zero attached hydrogens (tertiary/aromatic N) is 1. The van der Waals surface area contributed by atoms with Crippen LogP contribution in [0.2, 0.25) is 0 Å². The van der Waals surface area contributed by atoms with Crippen LogP contribution >= 0.6 is 0 Å². The predicted octanol–water partition coefficient (Wildman–Crippen LogP) is 2.35. The van der Waals surface area contributed by atoms with E-state index in [4.69, 9.17) is 14.2 Å². The summed E-state index contributed by atoms with van der Waals surface area (Å²) in [5.41, 5.74) is 2.29. The van der Waals surface area contributed by atoms with Crippen LogP contribution in [-0.2, 0) is 11.2 Å². The van der Waals surface area contributed by atoms with E-state index in [-0.39, 0.29) is 12.9 Å². The lowest BCUT2D eigenvalue weighted by molar-refractivity contribution is 0.116. The van der Waals surface area contributed by atoms with Crippen LogP contribution in [0.25, 0.3) is 0 Å². The zero-order valence-electron chi connectivity index (χ0n) is 11.6. The summed E-state index contributed by atoms with van der Waals surface area (Å²) in [4.78, 5) is 13.1. The Kier molecular flexibility index (Phi) is 4.14. The molecule has 0 saturated heterocycles. The molecule has 0 aliphatic carbocycles. The second-order valence-corrected chi connectivity index (χ2v) is 4.50. The highest BCUT2D eigenvalue weighted by Crippen LogP contribution is 2.34. The normalized spacial score (nSPS) is 12.4. The monoisotopic (exact) mass is 265 g/mol. The van der Waals surface area contributed by atoms with Crippen LogP contribution in [0.1, 0.15) is 18.1 Å². The van der Waals surface area contributed by atoms with E-state index < -0.39 is 0 Å². The zero-order chi connectivity index (χ0) is 13.8. The molecule has 1 aliphatic rings. The molecule has 0 fully saturated rings. The number of fused-ring (bicyclic) bond motifs is 1. The lowest BCUT2D eigenvalue weighted by atomic mass is 10.0. The van der Waals surface area contributed by atoms with E-state index in [0.29, 0.717) is 13.2 Å². The van der Waals surface area contributed by atoms with Gasteiger partial charge in [-0.3, -0.25) is 0 Å². The second-order valence-electron chi connectivity index (χ2n) is 4.50. The molecular formula is C14H19NO4. The van der Waals surface area contributed by atoms with Crippen molar-refractivity contribution < 1.29 is 19.0 Å². The van der Waals surface area contributed by atoms with Gasteiger partial charge < -0.3 is 19.1 Å². The van der Waals surface area contributed by atoms with Crippen molar-refractivity contribution >= 4 is 6.09 Å². The van der Waals surface area contributed by atoms with Crippen LogP contribution in [-0.4, -0.2) is 38.0 Å². The average Bonchev–Trinajstić information content (AvgIpc) is 2.82. The molecule has 104 valence electrons. The third kappa shape index (κ3) is 3.10. The van der Waals surface area contributed by atoms with E-state index in [1.807, 2.05) is 19.1 Å². The molecule has 1 aromatic carbocycles. The quantitative estimate of drug-likeness (QED) is 0.838. The van der Waals surface area contributed by atoms with Crippen LogP contribution in [0.15, 0.2) is 12.1 Å². The molecule has 0 unspecified atom stereocenters. The zero-order valence-corrected chi connectivity index (χ0v) is 11.6. The third-order valence-electron chi connectivity index (χ3n) is 3.13. The number of rotatable bonds is 4. The summed E-state index contributed by atoms with van der Waals surface area (Å²) in [6.07, 6.45) is 0.471. The highest BCUT2D eigenvalue weighted by Gasteiger charge is 2.16. The summed E-state index contributed by atoms with van der Waals surface area (Å²) in [6.45, 7) is 5.11. The SMILES string of the molecule is CCOC(=O)N(C)CCc1cc2c(cc1C)OCO2. The number of amides is 1. The Labute approximate surface area is 113 Å². The summed E-state index contributed by atoms with van der Waals surface area (Å²) in [5.74, 6) is 1.57. The summed E-state index contributed by atoms with van der Waals surface area (Å²) < 4.78 is 15.6. The van der Waals surface area contributed by atoms with E-state index in [1.54, 1.807) is 18.9 Å². The van der Waals surface area contributed by atoms with Gasteiger partial charge in [0.15, 0.2) is 11.5 Å². The van der Waals surface area contributed by atoms with Gasteiger partial charge in [-0.05, 0) is 43.5 Å². The molecule has 1 aromatic rings. The van der Waals surface area contributed by atoms with Crippen LogP contribution in [0.5, 0.6) is 11.5 Å². The van der Waals surface area contributed by atoms with Crippen molar-refractivity contribution in [2.24, 2.45) is 0 Å². The van der Waals surface area contributed by atoms with Gasteiger partial charge in [-0.1, -0.05) is 0 Å². The van der Waals surface area contributed by atoms with Crippen molar-refractivity contribution in [2.75, 3.05) is 27.0 Å². The topological polar surface area (TPSA) is 48.0 Å². The molecule has 0 atom stereocenters. The molecule has 5 nitrogen and oxygen atoms in total. The minimum absolute atomic E-state index is 0.279. The minimum atomic E-state index is -0.291. The van der Waals surface area contributed by atoms with Gasteiger partial charge in [-0.15, -0.1) is 0 Å². The van der Waals surface area contributed by atoms with Gasteiger partial charge >= 0.3 is 6.09 Å². The van der Waals surface area contributed by atoms with Crippen LogP contribution in [0.4, 0.5) is 4.79 Å². The fourth-order valence-electron chi connectivity index (χ4n) is 1.97. The molecule has 1 aliphatic heterocycles.